The second-order valence-electron chi connectivity index (χ2n) is 5.85. The third-order valence-electron chi connectivity index (χ3n) is 4.10. The number of aliphatic hydroxyl groups excluding tert-OH is 1. The fourth-order valence-corrected chi connectivity index (χ4v) is 2.69. The largest absolute Gasteiger partial charge is 0.480 e. The number of nitrogens with zero attached hydrogens (tertiary/aromatic N) is 1. The zero-order valence-corrected chi connectivity index (χ0v) is 14.0. The lowest BCUT2D eigenvalue weighted by molar-refractivity contribution is -0.144. The van der Waals surface area contributed by atoms with Crippen LogP contribution < -0.4 is 0 Å². The van der Waals surface area contributed by atoms with Gasteiger partial charge < -0.3 is 10.2 Å². The number of carbonyl (C=O) groups is 1. The lowest BCUT2D eigenvalue weighted by Gasteiger charge is -2.25. The molecule has 21 heavy (non-hydrogen) atoms. The first-order valence-electron chi connectivity index (χ1n) is 8.75. The van der Waals surface area contributed by atoms with Gasteiger partial charge in [-0.3, -0.25) is 9.69 Å². The second-order valence-corrected chi connectivity index (χ2v) is 5.85. The summed E-state index contributed by atoms with van der Waals surface area (Å²) in [7, 11) is 0. The van der Waals surface area contributed by atoms with E-state index in [0.29, 0.717) is 6.54 Å². The lowest BCUT2D eigenvalue weighted by atomic mass is 10.1. The molecule has 0 aromatic carbocycles. The summed E-state index contributed by atoms with van der Waals surface area (Å²) in [5.41, 5.74) is 0. The normalized spacial score (nSPS) is 12.8. The summed E-state index contributed by atoms with van der Waals surface area (Å²) in [6.45, 7) is 5.33. The zero-order chi connectivity index (χ0) is 15.9. The monoisotopic (exact) mass is 301 g/mol. The van der Waals surface area contributed by atoms with Gasteiger partial charge in [0.2, 0.25) is 0 Å². The topological polar surface area (TPSA) is 60.8 Å². The average molecular weight is 301 g/mol. The van der Waals surface area contributed by atoms with Crippen LogP contribution in [0.3, 0.4) is 0 Å². The Hall–Kier alpha value is -0.610. The van der Waals surface area contributed by atoms with E-state index in [1.807, 2.05) is 11.8 Å². The minimum Gasteiger partial charge on any atom is -0.480 e. The van der Waals surface area contributed by atoms with Crippen molar-refractivity contribution in [2.75, 3.05) is 19.7 Å². The molecule has 0 heterocycles. The standard InChI is InChI=1S/C17H35NO3/c1-3-5-6-7-8-9-10-11-12-13-14-18(4-2)16(15-19)17(20)21/h16,19H,3-15H2,1-2H3,(H,20,21). The number of unbranched alkanes of at least 4 members (excludes halogenated alkanes) is 9. The molecule has 0 aliphatic carbocycles. The van der Waals surface area contributed by atoms with Crippen molar-refractivity contribution in [2.45, 2.75) is 84.1 Å². The van der Waals surface area contributed by atoms with Gasteiger partial charge in [0.25, 0.3) is 0 Å². The molecule has 0 fully saturated rings. The third kappa shape index (κ3) is 10.7. The predicted molar refractivity (Wildman–Crippen MR) is 87.6 cm³/mol. The summed E-state index contributed by atoms with van der Waals surface area (Å²) < 4.78 is 0. The molecule has 1 unspecified atom stereocenters. The molecule has 0 aliphatic rings. The second kappa shape index (κ2) is 14.3. The van der Waals surface area contributed by atoms with Crippen LogP contribution in [0.4, 0.5) is 0 Å². The molecule has 0 amide bonds. The molecule has 0 aromatic rings. The van der Waals surface area contributed by atoms with Gasteiger partial charge >= 0.3 is 5.97 Å². The number of rotatable bonds is 15. The van der Waals surface area contributed by atoms with Crippen molar-refractivity contribution in [3.8, 4) is 0 Å². The maximum absolute atomic E-state index is 11.0. The zero-order valence-electron chi connectivity index (χ0n) is 14.0. The van der Waals surface area contributed by atoms with Crippen LogP contribution in [-0.4, -0.2) is 46.8 Å². The highest BCUT2D eigenvalue weighted by molar-refractivity contribution is 5.73. The Labute approximate surface area is 130 Å². The number of carboxylic acids is 1. The van der Waals surface area contributed by atoms with Gasteiger partial charge in [-0.05, 0) is 19.5 Å². The van der Waals surface area contributed by atoms with E-state index in [4.69, 9.17) is 10.2 Å². The van der Waals surface area contributed by atoms with Crippen LogP contribution in [-0.2, 0) is 4.79 Å². The van der Waals surface area contributed by atoms with Gasteiger partial charge in [-0.15, -0.1) is 0 Å². The summed E-state index contributed by atoms with van der Waals surface area (Å²) in [5.74, 6) is -0.925. The molecule has 0 aromatic heterocycles. The van der Waals surface area contributed by atoms with Gasteiger partial charge in [-0.25, -0.2) is 0 Å². The molecule has 0 saturated carbocycles. The highest BCUT2D eigenvalue weighted by atomic mass is 16.4. The Morgan fingerprint density at radius 2 is 1.38 bits per heavy atom. The fraction of sp³-hybridized carbons (Fsp3) is 0.941. The summed E-state index contributed by atoms with van der Waals surface area (Å²) in [6, 6.07) is -0.742. The van der Waals surface area contributed by atoms with Gasteiger partial charge in [-0.1, -0.05) is 71.6 Å². The molecule has 1 atom stereocenters. The summed E-state index contributed by atoms with van der Waals surface area (Å²) in [5, 5.41) is 18.2. The van der Waals surface area contributed by atoms with Crippen LogP contribution in [0.2, 0.25) is 0 Å². The Balaban J connectivity index is 3.53. The van der Waals surface area contributed by atoms with Crippen LogP contribution in [0.1, 0.15) is 78.1 Å². The molecule has 0 radical (unpaired) electrons. The van der Waals surface area contributed by atoms with Crippen LogP contribution in [0, 0.1) is 0 Å². The SMILES string of the molecule is CCCCCCCCCCCCN(CC)C(CO)C(=O)O. The Kier molecular flexibility index (Phi) is 13.9. The van der Waals surface area contributed by atoms with Crippen molar-refractivity contribution in [1.82, 2.24) is 4.90 Å². The first-order chi connectivity index (χ1) is 10.2. The van der Waals surface area contributed by atoms with E-state index in [-0.39, 0.29) is 6.61 Å². The van der Waals surface area contributed by atoms with Crippen LogP contribution in [0.5, 0.6) is 0 Å². The minimum absolute atomic E-state index is 0.305. The lowest BCUT2D eigenvalue weighted by Crippen LogP contribution is -2.44. The number of aliphatic carboxylic acids is 1. The Morgan fingerprint density at radius 3 is 1.76 bits per heavy atom. The number of likely N-dealkylation sites (N-methyl/N-ethyl adjacent to an activating group) is 1. The average Bonchev–Trinajstić information content (AvgIpc) is 2.47. The van der Waals surface area contributed by atoms with Crippen LogP contribution in [0.25, 0.3) is 0 Å². The van der Waals surface area contributed by atoms with E-state index >= 15 is 0 Å². The number of hydrogen-bond donors (Lipinski definition) is 2. The van der Waals surface area contributed by atoms with Crippen LogP contribution in [0.15, 0.2) is 0 Å². The number of hydrogen-bond acceptors (Lipinski definition) is 3. The van der Waals surface area contributed by atoms with Crippen molar-refractivity contribution in [3.63, 3.8) is 0 Å². The molecular weight excluding hydrogens is 266 g/mol. The van der Waals surface area contributed by atoms with Crippen molar-refractivity contribution >= 4 is 5.97 Å². The van der Waals surface area contributed by atoms with E-state index in [9.17, 15) is 4.79 Å². The molecule has 126 valence electrons. The third-order valence-corrected chi connectivity index (χ3v) is 4.10. The van der Waals surface area contributed by atoms with Crippen molar-refractivity contribution in [1.29, 1.82) is 0 Å². The molecule has 4 nitrogen and oxygen atoms in total. The molecule has 4 heteroatoms. The van der Waals surface area contributed by atoms with Crippen molar-refractivity contribution in [2.24, 2.45) is 0 Å². The summed E-state index contributed by atoms with van der Waals surface area (Å²) >= 11 is 0. The summed E-state index contributed by atoms with van der Waals surface area (Å²) in [6.07, 6.45) is 12.8. The van der Waals surface area contributed by atoms with Gasteiger partial charge in [-0.2, -0.15) is 0 Å². The number of aliphatic hydroxyl groups is 1. The molecule has 0 rings (SSSR count). The maximum atomic E-state index is 11.0. The van der Waals surface area contributed by atoms with Crippen LogP contribution >= 0.6 is 0 Å². The van der Waals surface area contributed by atoms with Gasteiger partial charge in [0.05, 0.1) is 6.61 Å². The van der Waals surface area contributed by atoms with E-state index in [1.54, 1.807) is 0 Å². The highest BCUT2D eigenvalue weighted by Crippen LogP contribution is 2.11. The van der Waals surface area contributed by atoms with Crippen molar-refractivity contribution in [3.05, 3.63) is 0 Å². The molecule has 0 saturated heterocycles. The number of carboxylic acid groups (broad SMARTS) is 1. The first-order valence-corrected chi connectivity index (χ1v) is 8.75. The predicted octanol–water partition coefficient (Wildman–Crippen LogP) is 3.67. The highest BCUT2D eigenvalue weighted by Gasteiger charge is 2.22. The Bertz CT molecular complexity index is 246. The first kappa shape index (κ1) is 20.4. The quantitative estimate of drug-likeness (QED) is 0.453. The molecule has 2 N–H and O–H groups in total. The minimum atomic E-state index is -0.925. The maximum Gasteiger partial charge on any atom is 0.323 e. The Morgan fingerprint density at radius 1 is 0.905 bits per heavy atom. The van der Waals surface area contributed by atoms with E-state index < -0.39 is 12.0 Å². The van der Waals surface area contributed by atoms with Crippen molar-refractivity contribution < 1.29 is 15.0 Å². The smallest absolute Gasteiger partial charge is 0.323 e. The molecule has 0 spiro atoms. The molecule has 0 aliphatic heterocycles. The summed E-state index contributed by atoms with van der Waals surface area (Å²) in [4.78, 5) is 12.9. The van der Waals surface area contributed by atoms with E-state index in [1.165, 1.54) is 51.4 Å². The molecule has 0 bridgehead atoms. The van der Waals surface area contributed by atoms with Gasteiger partial charge in [0.15, 0.2) is 0 Å². The van der Waals surface area contributed by atoms with E-state index in [2.05, 4.69) is 6.92 Å². The fourth-order valence-electron chi connectivity index (χ4n) is 2.69. The van der Waals surface area contributed by atoms with Gasteiger partial charge in [0, 0.05) is 0 Å². The van der Waals surface area contributed by atoms with E-state index in [0.717, 1.165) is 19.4 Å². The molecular formula is C17H35NO3. The van der Waals surface area contributed by atoms with Gasteiger partial charge in [0.1, 0.15) is 6.04 Å².